The highest BCUT2D eigenvalue weighted by Gasteiger charge is 2.22. The van der Waals surface area contributed by atoms with Crippen LogP contribution in [0.4, 0.5) is 0 Å². The molecule has 0 unspecified atom stereocenters. The molecule has 0 spiro atoms. The molecule has 0 aliphatic carbocycles. The average molecular weight is 294 g/mol. The number of hydrogen-bond donors (Lipinski definition) is 1. The summed E-state index contributed by atoms with van der Waals surface area (Å²) >= 11 is 2.98. The van der Waals surface area contributed by atoms with Crippen molar-refractivity contribution in [1.29, 1.82) is 5.26 Å². The first-order valence-corrected chi connectivity index (χ1v) is 6.18. The van der Waals surface area contributed by atoms with Gasteiger partial charge >= 0.3 is 0 Å². The summed E-state index contributed by atoms with van der Waals surface area (Å²) in [5.74, 6) is 0. The third-order valence-corrected chi connectivity index (χ3v) is 3.87. The zero-order chi connectivity index (χ0) is 11.5. The number of nitriles is 1. The lowest BCUT2D eigenvalue weighted by Crippen LogP contribution is -2.26. The third kappa shape index (κ3) is 2.74. The molecule has 0 amide bonds. The number of rotatable bonds is 4. The van der Waals surface area contributed by atoms with Crippen LogP contribution in [0.2, 0.25) is 0 Å². The molecule has 0 saturated carbocycles. The Bertz CT molecular complexity index is 469. The Kier molecular flexibility index (Phi) is 3.78. The van der Waals surface area contributed by atoms with E-state index in [1.54, 1.807) is 0 Å². The maximum atomic E-state index is 11.7. The molecule has 1 rings (SSSR count). The fourth-order valence-corrected chi connectivity index (χ4v) is 3.04. The van der Waals surface area contributed by atoms with Gasteiger partial charge in [0.2, 0.25) is 5.03 Å². The van der Waals surface area contributed by atoms with E-state index in [1.165, 1.54) is 7.05 Å². The summed E-state index contributed by atoms with van der Waals surface area (Å²) in [6, 6.07) is 1.84. The lowest BCUT2D eigenvalue weighted by molar-refractivity contribution is 0.561. The Hall–Kier alpha value is -0.980. The molecule has 0 atom stereocenters. The van der Waals surface area contributed by atoms with E-state index in [0.29, 0.717) is 0 Å². The van der Waals surface area contributed by atoms with Gasteiger partial charge in [-0.3, -0.25) is 0 Å². The molecule has 0 aliphatic rings. The lowest BCUT2D eigenvalue weighted by Gasteiger charge is -2.04. The highest BCUT2D eigenvalue weighted by atomic mass is 79.9. The number of halogens is 1. The van der Waals surface area contributed by atoms with Crippen LogP contribution in [0.3, 0.4) is 0 Å². The maximum absolute atomic E-state index is 11.7. The molecule has 0 saturated heterocycles. The van der Waals surface area contributed by atoms with Crippen molar-refractivity contribution < 1.29 is 8.42 Å². The van der Waals surface area contributed by atoms with E-state index in [9.17, 15) is 8.42 Å². The molecule has 1 aromatic rings. The molecule has 1 heterocycles. The Morgan fingerprint density at radius 2 is 2.33 bits per heavy atom. The highest BCUT2D eigenvalue weighted by Crippen LogP contribution is 2.17. The van der Waals surface area contributed by atoms with Crippen LogP contribution in [0, 0.1) is 11.3 Å². The third-order valence-electron chi connectivity index (χ3n) is 1.52. The van der Waals surface area contributed by atoms with Gasteiger partial charge in [-0.1, -0.05) is 5.21 Å². The van der Waals surface area contributed by atoms with Crippen LogP contribution in [0.15, 0.2) is 9.63 Å². The second-order valence-corrected chi connectivity index (χ2v) is 5.05. The summed E-state index contributed by atoms with van der Waals surface area (Å²) in [4.78, 5) is 0. The lowest BCUT2D eigenvalue weighted by atomic mass is 10.5. The molecule has 7 nitrogen and oxygen atoms in total. The molecule has 0 fully saturated rings. The van der Waals surface area contributed by atoms with Gasteiger partial charge in [0.05, 0.1) is 6.07 Å². The molecule has 82 valence electrons. The van der Waals surface area contributed by atoms with Gasteiger partial charge in [0.25, 0.3) is 10.0 Å². The smallest absolute Gasteiger partial charge is 0.235 e. The second kappa shape index (κ2) is 4.69. The van der Waals surface area contributed by atoms with Gasteiger partial charge < -0.3 is 0 Å². The van der Waals surface area contributed by atoms with Crippen molar-refractivity contribution in [2.75, 3.05) is 6.54 Å². The first-order chi connectivity index (χ1) is 6.99. The monoisotopic (exact) mass is 293 g/mol. The van der Waals surface area contributed by atoms with Crippen LogP contribution in [0.5, 0.6) is 0 Å². The summed E-state index contributed by atoms with van der Waals surface area (Å²) in [5.41, 5.74) is 0. The van der Waals surface area contributed by atoms with Crippen molar-refractivity contribution in [3.63, 3.8) is 0 Å². The van der Waals surface area contributed by atoms with Crippen molar-refractivity contribution in [2.45, 2.75) is 11.4 Å². The molecule has 0 radical (unpaired) electrons. The summed E-state index contributed by atoms with van der Waals surface area (Å²) in [5, 5.41) is 15.3. The number of aromatic nitrogens is 3. The number of hydrogen-bond acceptors (Lipinski definition) is 5. The summed E-state index contributed by atoms with van der Waals surface area (Å²) < 4.78 is 26.9. The van der Waals surface area contributed by atoms with Crippen LogP contribution in [0.25, 0.3) is 0 Å². The first-order valence-electron chi connectivity index (χ1n) is 3.91. The fourth-order valence-electron chi connectivity index (χ4n) is 0.918. The van der Waals surface area contributed by atoms with Gasteiger partial charge in [0, 0.05) is 20.0 Å². The van der Waals surface area contributed by atoms with E-state index in [1.807, 2.05) is 6.07 Å². The Morgan fingerprint density at radius 1 is 1.67 bits per heavy atom. The van der Waals surface area contributed by atoms with Gasteiger partial charge in [-0.25, -0.2) is 17.8 Å². The van der Waals surface area contributed by atoms with Crippen molar-refractivity contribution in [1.82, 2.24) is 19.7 Å². The van der Waals surface area contributed by atoms with Crippen LogP contribution in [-0.2, 0) is 17.1 Å². The highest BCUT2D eigenvalue weighted by molar-refractivity contribution is 9.10. The molecule has 1 N–H and O–H groups in total. The maximum Gasteiger partial charge on any atom is 0.260 e. The van der Waals surface area contributed by atoms with Gasteiger partial charge in [0.1, 0.15) is 0 Å². The van der Waals surface area contributed by atoms with Gasteiger partial charge in [-0.2, -0.15) is 5.26 Å². The van der Waals surface area contributed by atoms with Gasteiger partial charge in [-0.05, 0) is 15.9 Å². The topological polar surface area (TPSA) is 101 Å². The number of nitrogens with zero attached hydrogens (tertiary/aromatic N) is 4. The van der Waals surface area contributed by atoms with Crippen LogP contribution in [0.1, 0.15) is 6.42 Å². The van der Waals surface area contributed by atoms with E-state index >= 15 is 0 Å². The molecule has 0 aliphatic heterocycles. The molecule has 1 aromatic heterocycles. The Labute approximate surface area is 95.3 Å². The van der Waals surface area contributed by atoms with E-state index in [0.717, 1.165) is 4.68 Å². The summed E-state index contributed by atoms with van der Waals surface area (Å²) in [6.45, 7) is 0.0659. The van der Waals surface area contributed by atoms with Crippen molar-refractivity contribution in [3.05, 3.63) is 4.60 Å². The van der Waals surface area contributed by atoms with Crippen LogP contribution < -0.4 is 4.72 Å². The predicted molar refractivity (Wildman–Crippen MR) is 54.1 cm³/mol. The zero-order valence-electron chi connectivity index (χ0n) is 7.81. The first kappa shape index (κ1) is 12.1. The SMILES string of the molecule is Cn1nnc(Br)c1S(=O)(=O)NCCC#N. The second-order valence-electron chi connectivity index (χ2n) is 2.61. The van der Waals surface area contributed by atoms with Crippen LogP contribution in [-0.4, -0.2) is 30.0 Å². The molecule has 0 bridgehead atoms. The Balaban J connectivity index is 2.93. The number of nitrogens with one attached hydrogen (secondary N) is 1. The summed E-state index contributed by atoms with van der Waals surface area (Å²) in [7, 11) is -2.19. The normalized spacial score (nSPS) is 11.3. The molecule has 9 heteroatoms. The molecular weight excluding hydrogens is 286 g/mol. The minimum absolute atomic E-state index is 0.0551. The fraction of sp³-hybridized carbons (Fsp3) is 0.500. The van der Waals surface area contributed by atoms with E-state index in [4.69, 9.17) is 5.26 Å². The average Bonchev–Trinajstić information content (AvgIpc) is 2.46. The van der Waals surface area contributed by atoms with E-state index in [2.05, 4.69) is 31.0 Å². The van der Waals surface area contributed by atoms with Crippen molar-refractivity contribution in [2.24, 2.45) is 7.05 Å². The molecule has 15 heavy (non-hydrogen) atoms. The molecular formula is C6H8BrN5O2S. The van der Waals surface area contributed by atoms with E-state index < -0.39 is 10.0 Å². The quantitative estimate of drug-likeness (QED) is 0.773. The van der Waals surface area contributed by atoms with Gasteiger partial charge in [-0.15, -0.1) is 5.10 Å². The predicted octanol–water partition coefficient (Wildman–Crippen LogP) is -0.230. The van der Waals surface area contributed by atoms with Crippen molar-refractivity contribution >= 4 is 26.0 Å². The Morgan fingerprint density at radius 3 is 2.80 bits per heavy atom. The summed E-state index contributed by atoms with van der Waals surface area (Å²) in [6.07, 6.45) is 0.113. The van der Waals surface area contributed by atoms with Crippen molar-refractivity contribution in [3.8, 4) is 6.07 Å². The van der Waals surface area contributed by atoms with Gasteiger partial charge in [0.15, 0.2) is 4.60 Å². The minimum Gasteiger partial charge on any atom is -0.235 e. The number of aryl methyl sites for hydroxylation is 1. The zero-order valence-corrected chi connectivity index (χ0v) is 10.2. The van der Waals surface area contributed by atoms with E-state index in [-0.39, 0.29) is 22.6 Å². The minimum atomic E-state index is -3.66. The number of sulfonamides is 1. The van der Waals surface area contributed by atoms with Crippen LogP contribution >= 0.6 is 15.9 Å². The standard InChI is InChI=1S/C6H8BrN5O2S/c1-12-6(5(7)10-11-12)15(13,14)9-4-2-3-8/h9H,2,4H2,1H3. The molecule has 0 aromatic carbocycles. The largest absolute Gasteiger partial charge is 0.260 e.